The molecule has 3 heterocycles. The van der Waals surface area contributed by atoms with Crippen LogP contribution in [0.3, 0.4) is 0 Å². The van der Waals surface area contributed by atoms with Gasteiger partial charge in [-0.3, -0.25) is 9.48 Å². The maximum absolute atomic E-state index is 13.5. The summed E-state index contributed by atoms with van der Waals surface area (Å²) >= 11 is 0. The largest absolute Gasteiger partial charge is 0.338 e. The van der Waals surface area contributed by atoms with E-state index in [2.05, 4.69) is 45.8 Å². The molecule has 1 aliphatic heterocycles. The minimum Gasteiger partial charge on any atom is -0.338 e. The molecule has 146 valence electrons. The predicted molar refractivity (Wildman–Crippen MR) is 112 cm³/mol. The molecule has 0 bridgehead atoms. The maximum atomic E-state index is 13.5. The first-order chi connectivity index (χ1) is 13.3. The lowest BCUT2D eigenvalue weighted by Gasteiger charge is -2.21. The van der Waals surface area contributed by atoms with Gasteiger partial charge in [0.1, 0.15) is 0 Å². The molecule has 0 radical (unpaired) electrons. The minimum atomic E-state index is 0.102. The number of likely N-dealkylation sites (tertiary alicyclic amines) is 1. The lowest BCUT2D eigenvalue weighted by atomic mass is 9.93. The Hall–Kier alpha value is -2.69. The van der Waals surface area contributed by atoms with Crippen LogP contribution in [0.1, 0.15) is 48.7 Å². The highest BCUT2D eigenvalue weighted by atomic mass is 16.2. The van der Waals surface area contributed by atoms with E-state index < -0.39 is 0 Å². The summed E-state index contributed by atoms with van der Waals surface area (Å²) in [7, 11) is 0. The number of nitrogens with zero attached hydrogens (tertiary/aromatic N) is 4. The van der Waals surface area contributed by atoms with Crippen molar-refractivity contribution in [2.45, 2.75) is 47.6 Å². The fourth-order valence-electron chi connectivity index (χ4n) is 3.98. The van der Waals surface area contributed by atoms with E-state index in [0.717, 1.165) is 59.3 Å². The Morgan fingerprint density at radius 2 is 2.04 bits per heavy atom. The smallest absolute Gasteiger partial charge is 0.254 e. The molecule has 0 atom stereocenters. The van der Waals surface area contributed by atoms with Gasteiger partial charge in [0.05, 0.1) is 23.0 Å². The van der Waals surface area contributed by atoms with E-state index in [1.807, 2.05) is 34.1 Å². The van der Waals surface area contributed by atoms with Crippen molar-refractivity contribution in [3.05, 3.63) is 47.3 Å². The van der Waals surface area contributed by atoms with Crippen molar-refractivity contribution >= 4 is 16.8 Å². The van der Waals surface area contributed by atoms with Gasteiger partial charge in [0.2, 0.25) is 0 Å². The highest BCUT2D eigenvalue weighted by Gasteiger charge is 2.33. The Balaban J connectivity index is 1.88. The van der Waals surface area contributed by atoms with Crippen LogP contribution in [0.25, 0.3) is 22.2 Å². The predicted octanol–water partition coefficient (Wildman–Crippen LogP) is 4.61. The summed E-state index contributed by atoms with van der Waals surface area (Å²) in [5.41, 5.74) is 5.88. The molecular weight excluding hydrogens is 348 g/mol. The quantitative estimate of drug-likeness (QED) is 0.671. The summed E-state index contributed by atoms with van der Waals surface area (Å²) in [4.78, 5) is 20.4. The number of rotatable bonds is 3. The van der Waals surface area contributed by atoms with Gasteiger partial charge in [-0.1, -0.05) is 26.0 Å². The zero-order valence-electron chi connectivity index (χ0n) is 17.4. The standard InChI is InChI=1S/C23H28N4O/c1-6-27-13-17(12-24-27)20-11-19(22(28)26-10-9-23(4,5)14-26)18-8-7-15(2)16(3)21(18)25-20/h7-8,11-13H,6,9-10,14H2,1-5H3. The highest BCUT2D eigenvalue weighted by Crippen LogP contribution is 2.33. The highest BCUT2D eigenvalue weighted by molar-refractivity contribution is 6.08. The molecule has 0 spiro atoms. The molecule has 3 aromatic rings. The second-order valence-corrected chi connectivity index (χ2v) is 8.68. The number of hydrogen-bond donors (Lipinski definition) is 0. The van der Waals surface area contributed by atoms with Gasteiger partial charge in [-0.15, -0.1) is 0 Å². The van der Waals surface area contributed by atoms with Crippen LogP contribution in [-0.4, -0.2) is 38.7 Å². The molecule has 1 amide bonds. The molecule has 5 nitrogen and oxygen atoms in total. The minimum absolute atomic E-state index is 0.102. The van der Waals surface area contributed by atoms with Crippen LogP contribution in [0.2, 0.25) is 0 Å². The molecule has 0 unspecified atom stereocenters. The summed E-state index contributed by atoms with van der Waals surface area (Å²) in [5.74, 6) is 0.102. The number of carbonyl (C=O) groups excluding carboxylic acids is 1. The normalized spacial score (nSPS) is 16.1. The molecule has 1 aromatic carbocycles. The monoisotopic (exact) mass is 376 g/mol. The Morgan fingerprint density at radius 1 is 1.25 bits per heavy atom. The maximum Gasteiger partial charge on any atom is 0.254 e. The number of carbonyl (C=O) groups is 1. The molecule has 0 saturated carbocycles. The Labute approximate surface area is 166 Å². The first-order valence-corrected chi connectivity index (χ1v) is 10.0. The number of benzene rings is 1. The number of fused-ring (bicyclic) bond motifs is 1. The average molecular weight is 377 g/mol. The molecule has 2 aromatic heterocycles. The first kappa shape index (κ1) is 18.7. The van der Waals surface area contributed by atoms with E-state index in [1.54, 1.807) is 0 Å². The number of amides is 1. The molecule has 5 heteroatoms. The molecule has 1 aliphatic rings. The SMILES string of the molecule is CCn1cc(-c2cc(C(=O)N3CCC(C)(C)C3)c3ccc(C)c(C)c3n2)cn1. The fraction of sp³-hybridized carbons (Fsp3) is 0.435. The van der Waals surface area contributed by atoms with Crippen molar-refractivity contribution in [2.75, 3.05) is 13.1 Å². The third-order valence-corrected chi connectivity index (χ3v) is 5.95. The average Bonchev–Trinajstić information content (AvgIpc) is 3.29. The van der Waals surface area contributed by atoms with E-state index in [-0.39, 0.29) is 11.3 Å². The van der Waals surface area contributed by atoms with E-state index in [4.69, 9.17) is 4.98 Å². The van der Waals surface area contributed by atoms with Crippen molar-refractivity contribution in [1.29, 1.82) is 0 Å². The van der Waals surface area contributed by atoms with Gasteiger partial charge in [0.15, 0.2) is 0 Å². The topological polar surface area (TPSA) is 51.0 Å². The van der Waals surface area contributed by atoms with Gasteiger partial charge in [0.25, 0.3) is 5.91 Å². The van der Waals surface area contributed by atoms with Crippen LogP contribution in [0.5, 0.6) is 0 Å². The van der Waals surface area contributed by atoms with Crippen LogP contribution in [0.4, 0.5) is 0 Å². The Bertz CT molecular complexity index is 1060. The van der Waals surface area contributed by atoms with Crippen molar-refractivity contribution in [1.82, 2.24) is 19.7 Å². The second-order valence-electron chi connectivity index (χ2n) is 8.68. The van der Waals surface area contributed by atoms with E-state index in [0.29, 0.717) is 0 Å². The number of pyridine rings is 1. The van der Waals surface area contributed by atoms with Crippen molar-refractivity contribution in [3.8, 4) is 11.3 Å². The fourth-order valence-corrected chi connectivity index (χ4v) is 3.98. The van der Waals surface area contributed by atoms with Crippen molar-refractivity contribution < 1.29 is 4.79 Å². The Kier molecular flexibility index (Phi) is 4.48. The lowest BCUT2D eigenvalue weighted by molar-refractivity contribution is 0.0780. The first-order valence-electron chi connectivity index (χ1n) is 10.0. The van der Waals surface area contributed by atoms with Crippen LogP contribution >= 0.6 is 0 Å². The van der Waals surface area contributed by atoms with E-state index in [9.17, 15) is 4.79 Å². The van der Waals surface area contributed by atoms with Crippen LogP contribution < -0.4 is 0 Å². The van der Waals surface area contributed by atoms with Gasteiger partial charge >= 0.3 is 0 Å². The third kappa shape index (κ3) is 3.19. The van der Waals surface area contributed by atoms with Gasteiger partial charge in [-0.2, -0.15) is 5.10 Å². The molecular formula is C23H28N4O. The molecule has 0 N–H and O–H groups in total. The van der Waals surface area contributed by atoms with E-state index >= 15 is 0 Å². The third-order valence-electron chi connectivity index (χ3n) is 5.95. The van der Waals surface area contributed by atoms with E-state index in [1.165, 1.54) is 5.56 Å². The number of hydrogen-bond acceptors (Lipinski definition) is 3. The van der Waals surface area contributed by atoms with Gasteiger partial charge in [0, 0.05) is 36.8 Å². The number of aryl methyl sites for hydroxylation is 3. The lowest BCUT2D eigenvalue weighted by Crippen LogP contribution is -2.30. The van der Waals surface area contributed by atoms with Crippen LogP contribution in [0.15, 0.2) is 30.6 Å². The second kappa shape index (κ2) is 6.73. The molecule has 1 fully saturated rings. The molecule has 0 aliphatic carbocycles. The zero-order valence-corrected chi connectivity index (χ0v) is 17.4. The van der Waals surface area contributed by atoms with Gasteiger partial charge < -0.3 is 4.90 Å². The zero-order chi connectivity index (χ0) is 20.1. The van der Waals surface area contributed by atoms with Crippen molar-refractivity contribution in [3.63, 3.8) is 0 Å². The summed E-state index contributed by atoms with van der Waals surface area (Å²) in [5, 5.41) is 5.32. The molecule has 28 heavy (non-hydrogen) atoms. The van der Waals surface area contributed by atoms with Gasteiger partial charge in [-0.05, 0) is 49.8 Å². The molecule has 1 saturated heterocycles. The van der Waals surface area contributed by atoms with Crippen LogP contribution in [0, 0.1) is 19.3 Å². The summed E-state index contributed by atoms with van der Waals surface area (Å²) < 4.78 is 1.88. The van der Waals surface area contributed by atoms with Crippen LogP contribution in [-0.2, 0) is 6.54 Å². The summed E-state index contributed by atoms with van der Waals surface area (Å²) in [6.07, 6.45) is 4.86. The number of aromatic nitrogens is 3. The molecule has 4 rings (SSSR count). The Morgan fingerprint density at radius 3 is 2.68 bits per heavy atom. The summed E-state index contributed by atoms with van der Waals surface area (Å²) in [6, 6.07) is 6.07. The van der Waals surface area contributed by atoms with Gasteiger partial charge in [-0.25, -0.2) is 4.98 Å². The summed E-state index contributed by atoms with van der Waals surface area (Å²) in [6.45, 7) is 13.1. The van der Waals surface area contributed by atoms with Crippen molar-refractivity contribution in [2.24, 2.45) is 5.41 Å².